The molecule has 18 heavy (non-hydrogen) atoms. The molecule has 3 fully saturated rings. The molecule has 3 rings (SSSR count). The number of hydrogen-bond donors (Lipinski definition) is 1. The number of likely N-dealkylation sites (tertiary alicyclic amines) is 1. The van der Waals surface area contributed by atoms with Gasteiger partial charge in [-0.3, -0.25) is 4.79 Å². The lowest BCUT2D eigenvalue weighted by molar-refractivity contribution is -0.131. The van der Waals surface area contributed by atoms with Crippen LogP contribution in [-0.2, 0) is 4.79 Å². The summed E-state index contributed by atoms with van der Waals surface area (Å²) in [5, 5.41) is 3.52. The summed E-state index contributed by atoms with van der Waals surface area (Å²) in [7, 11) is 0. The van der Waals surface area contributed by atoms with E-state index in [2.05, 4.69) is 10.2 Å². The van der Waals surface area contributed by atoms with Gasteiger partial charge in [0, 0.05) is 25.6 Å². The lowest BCUT2D eigenvalue weighted by Crippen LogP contribution is -2.34. The maximum atomic E-state index is 12.4. The van der Waals surface area contributed by atoms with Gasteiger partial charge in [-0.15, -0.1) is 0 Å². The van der Waals surface area contributed by atoms with Crippen LogP contribution in [0, 0.1) is 11.8 Å². The average molecular weight is 250 g/mol. The van der Waals surface area contributed by atoms with Crippen molar-refractivity contribution < 1.29 is 4.79 Å². The Morgan fingerprint density at radius 1 is 1.06 bits per heavy atom. The number of carbonyl (C=O) groups excluding carboxylic acids is 1. The second-order valence-corrected chi connectivity index (χ2v) is 6.47. The van der Waals surface area contributed by atoms with Gasteiger partial charge in [-0.05, 0) is 37.6 Å². The Kier molecular flexibility index (Phi) is 3.88. The van der Waals surface area contributed by atoms with E-state index >= 15 is 0 Å². The number of hydrogen-bond acceptors (Lipinski definition) is 2. The Balaban J connectivity index is 1.49. The molecule has 0 radical (unpaired) electrons. The molecule has 2 saturated heterocycles. The van der Waals surface area contributed by atoms with Gasteiger partial charge in [0.25, 0.3) is 0 Å². The minimum atomic E-state index is 0.429. The van der Waals surface area contributed by atoms with Crippen molar-refractivity contribution in [2.24, 2.45) is 11.8 Å². The minimum absolute atomic E-state index is 0.429. The molecule has 0 aromatic heterocycles. The molecule has 102 valence electrons. The average Bonchev–Trinajstić information content (AvgIpc) is 2.85. The Hall–Kier alpha value is -0.570. The number of fused-ring (bicyclic) bond motifs is 1. The zero-order chi connectivity index (χ0) is 12.4. The molecule has 0 bridgehead atoms. The summed E-state index contributed by atoms with van der Waals surface area (Å²) in [6.45, 7) is 3.14. The van der Waals surface area contributed by atoms with E-state index in [1.807, 2.05) is 0 Å². The van der Waals surface area contributed by atoms with Crippen LogP contribution in [0.2, 0.25) is 0 Å². The van der Waals surface area contributed by atoms with Gasteiger partial charge >= 0.3 is 0 Å². The van der Waals surface area contributed by atoms with Crippen molar-refractivity contribution in [3.05, 3.63) is 0 Å². The molecule has 0 spiro atoms. The van der Waals surface area contributed by atoms with Gasteiger partial charge in [0.15, 0.2) is 0 Å². The predicted molar refractivity (Wildman–Crippen MR) is 72.3 cm³/mol. The van der Waals surface area contributed by atoms with Crippen LogP contribution >= 0.6 is 0 Å². The van der Waals surface area contributed by atoms with Gasteiger partial charge in [-0.2, -0.15) is 0 Å². The molecule has 0 aromatic carbocycles. The molecule has 3 aliphatic rings. The first-order chi connectivity index (χ1) is 8.83. The zero-order valence-corrected chi connectivity index (χ0v) is 11.4. The van der Waals surface area contributed by atoms with Crippen molar-refractivity contribution in [1.29, 1.82) is 0 Å². The third-order valence-corrected chi connectivity index (χ3v) is 5.15. The summed E-state index contributed by atoms with van der Waals surface area (Å²) in [6.07, 6.45) is 10.1. The maximum Gasteiger partial charge on any atom is 0.222 e. The lowest BCUT2D eigenvalue weighted by Gasteiger charge is -2.21. The van der Waals surface area contributed by atoms with E-state index in [1.54, 1.807) is 0 Å². The first kappa shape index (κ1) is 12.5. The Labute approximate surface area is 110 Å². The van der Waals surface area contributed by atoms with Crippen LogP contribution in [-0.4, -0.2) is 36.5 Å². The summed E-state index contributed by atoms with van der Waals surface area (Å²) in [5.41, 5.74) is 0. The zero-order valence-electron chi connectivity index (χ0n) is 11.4. The molecule has 3 nitrogen and oxygen atoms in total. The molecule has 1 saturated carbocycles. The largest absolute Gasteiger partial charge is 0.341 e. The third kappa shape index (κ3) is 2.71. The highest BCUT2D eigenvalue weighted by Crippen LogP contribution is 2.29. The van der Waals surface area contributed by atoms with Crippen LogP contribution < -0.4 is 5.32 Å². The Morgan fingerprint density at radius 2 is 1.83 bits per heavy atom. The molecule has 0 unspecified atom stereocenters. The van der Waals surface area contributed by atoms with Gasteiger partial charge in [0.1, 0.15) is 0 Å². The first-order valence-corrected chi connectivity index (χ1v) is 7.84. The smallest absolute Gasteiger partial charge is 0.222 e. The van der Waals surface area contributed by atoms with Crippen LogP contribution in [0.15, 0.2) is 0 Å². The topological polar surface area (TPSA) is 32.3 Å². The summed E-state index contributed by atoms with van der Waals surface area (Å²) in [5.74, 6) is 1.84. The third-order valence-electron chi connectivity index (χ3n) is 5.15. The molecule has 2 aliphatic heterocycles. The lowest BCUT2D eigenvalue weighted by atomic mass is 9.96. The number of carbonyl (C=O) groups is 1. The highest BCUT2D eigenvalue weighted by atomic mass is 16.2. The quantitative estimate of drug-likeness (QED) is 0.762. The molecular formula is C15H26N2O. The van der Waals surface area contributed by atoms with E-state index < -0.39 is 0 Å². The van der Waals surface area contributed by atoms with Crippen molar-refractivity contribution in [2.75, 3.05) is 19.6 Å². The van der Waals surface area contributed by atoms with Crippen LogP contribution in [0.3, 0.4) is 0 Å². The standard InChI is InChI=1S/C15H26N2O/c18-15(9-12-5-3-1-2-4-6-12)17-10-13-7-8-16-14(13)11-17/h12-14,16H,1-11H2/t13-,14+/m0/s1. The van der Waals surface area contributed by atoms with Crippen LogP contribution in [0.5, 0.6) is 0 Å². The molecule has 2 heterocycles. The first-order valence-electron chi connectivity index (χ1n) is 7.84. The number of nitrogens with one attached hydrogen (secondary N) is 1. The van der Waals surface area contributed by atoms with Gasteiger partial charge in [-0.25, -0.2) is 0 Å². The fraction of sp³-hybridized carbons (Fsp3) is 0.933. The van der Waals surface area contributed by atoms with Crippen molar-refractivity contribution in [3.63, 3.8) is 0 Å². The second-order valence-electron chi connectivity index (χ2n) is 6.47. The normalized spacial score (nSPS) is 33.4. The summed E-state index contributed by atoms with van der Waals surface area (Å²) < 4.78 is 0. The number of rotatable bonds is 2. The van der Waals surface area contributed by atoms with Gasteiger partial charge in [-0.1, -0.05) is 25.7 Å². The Morgan fingerprint density at radius 3 is 2.56 bits per heavy atom. The van der Waals surface area contributed by atoms with Crippen molar-refractivity contribution in [1.82, 2.24) is 10.2 Å². The molecule has 1 amide bonds. The molecular weight excluding hydrogens is 224 g/mol. The van der Waals surface area contributed by atoms with E-state index in [4.69, 9.17) is 0 Å². The van der Waals surface area contributed by atoms with Crippen LogP contribution in [0.1, 0.15) is 51.4 Å². The Bertz CT molecular complexity index is 285. The molecule has 1 N–H and O–H groups in total. The summed E-state index contributed by atoms with van der Waals surface area (Å²) in [4.78, 5) is 14.5. The maximum absolute atomic E-state index is 12.4. The highest BCUT2D eigenvalue weighted by molar-refractivity contribution is 5.76. The highest BCUT2D eigenvalue weighted by Gasteiger charge is 2.38. The van der Waals surface area contributed by atoms with E-state index in [0.29, 0.717) is 17.9 Å². The van der Waals surface area contributed by atoms with Crippen molar-refractivity contribution in [3.8, 4) is 0 Å². The van der Waals surface area contributed by atoms with E-state index in [9.17, 15) is 4.79 Å². The monoisotopic (exact) mass is 250 g/mol. The van der Waals surface area contributed by atoms with Gasteiger partial charge < -0.3 is 10.2 Å². The fourth-order valence-corrected chi connectivity index (χ4v) is 4.00. The van der Waals surface area contributed by atoms with E-state index in [-0.39, 0.29) is 0 Å². The number of amides is 1. The van der Waals surface area contributed by atoms with Crippen LogP contribution in [0.4, 0.5) is 0 Å². The minimum Gasteiger partial charge on any atom is -0.341 e. The number of nitrogens with zero attached hydrogens (tertiary/aromatic N) is 1. The molecule has 1 aliphatic carbocycles. The van der Waals surface area contributed by atoms with E-state index in [0.717, 1.165) is 32.0 Å². The second kappa shape index (κ2) is 5.60. The van der Waals surface area contributed by atoms with Crippen molar-refractivity contribution in [2.45, 2.75) is 57.4 Å². The molecule has 0 aromatic rings. The van der Waals surface area contributed by atoms with Crippen LogP contribution in [0.25, 0.3) is 0 Å². The predicted octanol–water partition coefficient (Wildman–Crippen LogP) is 2.17. The SMILES string of the molecule is O=C(CC1CCCCCC1)N1C[C@@H]2CCN[C@@H]2C1. The summed E-state index contributed by atoms with van der Waals surface area (Å²) in [6, 6.07) is 0.600. The summed E-state index contributed by atoms with van der Waals surface area (Å²) >= 11 is 0. The fourth-order valence-electron chi connectivity index (χ4n) is 4.00. The van der Waals surface area contributed by atoms with Gasteiger partial charge in [0.05, 0.1) is 0 Å². The van der Waals surface area contributed by atoms with E-state index in [1.165, 1.54) is 44.9 Å². The van der Waals surface area contributed by atoms with Gasteiger partial charge in [0.2, 0.25) is 5.91 Å². The molecule has 2 atom stereocenters. The molecule has 3 heteroatoms. The van der Waals surface area contributed by atoms with Crippen molar-refractivity contribution >= 4 is 5.91 Å².